The largest absolute Gasteiger partial charge is 0.497 e. The van der Waals surface area contributed by atoms with Crippen molar-refractivity contribution in [1.82, 2.24) is 0 Å². The highest BCUT2D eigenvalue weighted by Gasteiger charge is 2.07. The molecule has 0 aliphatic rings. The molecule has 0 unspecified atom stereocenters. The number of methoxy groups -OCH3 is 1. The second-order valence-electron chi connectivity index (χ2n) is 3.58. The monoisotopic (exact) mass is 292 g/mol. The molecule has 80 valence electrons. The van der Waals surface area contributed by atoms with Crippen molar-refractivity contribution in [2.75, 3.05) is 7.11 Å². The SMILES string of the molecule is COc1ccc2sc3c(Br)cccc3c2c1. The van der Waals surface area contributed by atoms with E-state index in [2.05, 4.69) is 46.3 Å². The smallest absolute Gasteiger partial charge is 0.119 e. The molecule has 3 rings (SSSR count). The summed E-state index contributed by atoms with van der Waals surface area (Å²) in [5.41, 5.74) is 0. The van der Waals surface area contributed by atoms with Gasteiger partial charge >= 0.3 is 0 Å². The van der Waals surface area contributed by atoms with E-state index in [0.29, 0.717) is 0 Å². The highest BCUT2D eigenvalue weighted by atomic mass is 79.9. The lowest BCUT2D eigenvalue weighted by atomic mass is 10.1. The van der Waals surface area contributed by atoms with Crippen LogP contribution >= 0.6 is 27.3 Å². The van der Waals surface area contributed by atoms with E-state index in [1.165, 1.54) is 20.2 Å². The predicted octanol–water partition coefficient (Wildman–Crippen LogP) is 4.83. The van der Waals surface area contributed by atoms with E-state index in [-0.39, 0.29) is 0 Å². The second kappa shape index (κ2) is 3.75. The Bertz CT molecular complexity index is 672. The zero-order chi connectivity index (χ0) is 11.1. The van der Waals surface area contributed by atoms with Crippen molar-refractivity contribution in [2.24, 2.45) is 0 Å². The molecule has 0 bridgehead atoms. The number of ether oxygens (including phenoxy) is 1. The number of benzene rings is 2. The summed E-state index contributed by atoms with van der Waals surface area (Å²) in [4.78, 5) is 0. The molecule has 0 fully saturated rings. The van der Waals surface area contributed by atoms with Crippen LogP contribution in [-0.2, 0) is 0 Å². The van der Waals surface area contributed by atoms with Gasteiger partial charge in [0.25, 0.3) is 0 Å². The molecular weight excluding hydrogens is 284 g/mol. The van der Waals surface area contributed by atoms with E-state index in [1.54, 1.807) is 18.4 Å². The van der Waals surface area contributed by atoms with Crippen molar-refractivity contribution in [1.29, 1.82) is 0 Å². The molecule has 0 N–H and O–H groups in total. The first-order chi connectivity index (χ1) is 7.79. The number of rotatable bonds is 1. The number of hydrogen-bond acceptors (Lipinski definition) is 2. The molecule has 2 aromatic carbocycles. The molecule has 0 saturated heterocycles. The van der Waals surface area contributed by atoms with Gasteiger partial charge in [-0.2, -0.15) is 0 Å². The van der Waals surface area contributed by atoms with Gasteiger partial charge in [0, 0.05) is 24.6 Å². The van der Waals surface area contributed by atoms with Crippen LogP contribution in [-0.4, -0.2) is 7.11 Å². The van der Waals surface area contributed by atoms with Crippen LogP contribution in [0.25, 0.3) is 20.2 Å². The van der Waals surface area contributed by atoms with Crippen molar-refractivity contribution >= 4 is 47.4 Å². The van der Waals surface area contributed by atoms with Gasteiger partial charge in [-0.15, -0.1) is 11.3 Å². The highest BCUT2D eigenvalue weighted by Crippen LogP contribution is 2.39. The third-order valence-corrected chi connectivity index (χ3v) is 4.80. The van der Waals surface area contributed by atoms with E-state index >= 15 is 0 Å². The molecule has 0 saturated carbocycles. The van der Waals surface area contributed by atoms with Gasteiger partial charge < -0.3 is 4.74 Å². The summed E-state index contributed by atoms with van der Waals surface area (Å²) in [5.74, 6) is 0.909. The topological polar surface area (TPSA) is 9.23 Å². The van der Waals surface area contributed by atoms with Gasteiger partial charge in [-0.25, -0.2) is 0 Å². The third kappa shape index (κ3) is 1.43. The van der Waals surface area contributed by atoms with Crippen LogP contribution in [0.15, 0.2) is 40.9 Å². The van der Waals surface area contributed by atoms with Crippen molar-refractivity contribution in [3.63, 3.8) is 0 Å². The average Bonchev–Trinajstić information content (AvgIpc) is 2.68. The normalized spacial score (nSPS) is 11.1. The minimum atomic E-state index is 0.909. The van der Waals surface area contributed by atoms with Crippen LogP contribution < -0.4 is 4.74 Å². The molecule has 3 heteroatoms. The van der Waals surface area contributed by atoms with Gasteiger partial charge in [-0.1, -0.05) is 12.1 Å². The van der Waals surface area contributed by atoms with Gasteiger partial charge in [-0.3, -0.25) is 0 Å². The molecule has 0 aliphatic heterocycles. The predicted molar refractivity (Wildman–Crippen MR) is 73.6 cm³/mol. The Labute approximate surface area is 106 Å². The lowest BCUT2D eigenvalue weighted by molar-refractivity contribution is 0.415. The Morgan fingerprint density at radius 3 is 2.81 bits per heavy atom. The maximum absolute atomic E-state index is 5.26. The quantitative estimate of drug-likeness (QED) is 0.624. The number of fused-ring (bicyclic) bond motifs is 3. The molecule has 16 heavy (non-hydrogen) atoms. The average molecular weight is 293 g/mol. The first kappa shape index (κ1) is 10.1. The van der Waals surface area contributed by atoms with Crippen LogP contribution in [0.2, 0.25) is 0 Å². The van der Waals surface area contributed by atoms with Crippen LogP contribution in [0.4, 0.5) is 0 Å². The Hall–Kier alpha value is -1.06. The fourth-order valence-corrected chi connectivity index (χ4v) is 3.57. The van der Waals surface area contributed by atoms with Crippen LogP contribution in [0.1, 0.15) is 0 Å². The maximum Gasteiger partial charge on any atom is 0.119 e. The van der Waals surface area contributed by atoms with Crippen molar-refractivity contribution in [3.05, 3.63) is 40.9 Å². The van der Waals surface area contributed by atoms with E-state index in [9.17, 15) is 0 Å². The summed E-state index contributed by atoms with van der Waals surface area (Å²) >= 11 is 5.39. The lowest BCUT2D eigenvalue weighted by Gasteiger charge is -1.98. The summed E-state index contributed by atoms with van der Waals surface area (Å²) < 4.78 is 9.01. The van der Waals surface area contributed by atoms with Crippen LogP contribution in [0, 0.1) is 0 Å². The van der Waals surface area contributed by atoms with E-state index in [4.69, 9.17) is 4.74 Å². The standard InChI is InChI=1S/C13H9BrOS/c1-15-8-5-6-12-10(7-8)9-3-2-4-11(14)13(9)16-12/h2-7H,1H3. The first-order valence-electron chi connectivity index (χ1n) is 4.94. The first-order valence-corrected chi connectivity index (χ1v) is 6.55. The fraction of sp³-hybridized carbons (Fsp3) is 0.0769. The number of thiophene rings is 1. The molecule has 0 radical (unpaired) electrons. The Morgan fingerprint density at radius 1 is 1.12 bits per heavy atom. The van der Waals surface area contributed by atoms with Crippen molar-refractivity contribution < 1.29 is 4.74 Å². The van der Waals surface area contributed by atoms with E-state index < -0.39 is 0 Å². The van der Waals surface area contributed by atoms with Gasteiger partial charge in [-0.05, 0) is 40.2 Å². The summed E-state index contributed by atoms with van der Waals surface area (Å²) in [6.07, 6.45) is 0. The minimum absolute atomic E-state index is 0.909. The number of halogens is 1. The summed E-state index contributed by atoms with van der Waals surface area (Å²) in [6, 6.07) is 12.5. The summed E-state index contributed by atoms with van der Waals surface area (Å²) in [7, 11) is 1.70. The highest BCUT2D eigenvalue weighted by molar-refractivity contribution is 9.10. The van der Waals surface area contributed by atoms with E-state index in [0.717, 1.165) is 10.2 Å². The molecule has 3 aromatic rings. The molecule has 1 heterocycles. The minimum Gasteiger partial charge on any atom is -0.497 e. The lowest BCUT2D eigenvalue weighted by Crippen LogP contribution is -1.80. The van der Waals surface area contributed by atoms with Gasteiger partial charge in [0.2, 0.25) is 0 Å². The Morgan fingerprint density at radius 2 is 2.00 bits per heavy atom. The van der Waals surface area contributed by atoms with Crippen molar-refractivity contribution in [2.45, 2.75) is 0 Å². The van der Waals surface area contributed by atoms with Crippen LogP contribution in [0.5, 0.6) is 5.75 Å². The van der Waals surface area contributed by atoms with Gasteiger partial charge in [0.05, 0.1) is 7.11 Å². The van der Waals surface area contributed by atoms with Gasteiger partial charge in [0.15, 0.2) is 0 Å². The zero-order valence-corrected chi connectivity index (χ0v) is 11.1. The Kier molecular flexibility index (Phi) is 2.37. The zero-order valence-electron chi connectivity index (χ0n) is 8.66. The summed E-state index contributed by atoms with van der Waals surface area (Å²) in [5, 5.41) is 2.55. The second-order valence-corrected chi connectivity index (χ2v) is 5.49. The van der Waals surface area contributed by atoms with E-state index in [1.807, 2.05) is 6.07 Å². The molecule has 1 aromatic heterocycles. The molecule has 1 nitrogen and oxygen atoms in total. The molecule has 0 aliphatic carbocycles. The maximum atomic E-state index is 5.26. The summed E-state index contributed by atoms with van der Waals surface area (Å²) in [6.45, 7) is 0. The molecule has 0 spiro atoms. The number of hydrogen-bond donors (Lipinski definition) is 0. The molecule has 0 amide bonds. The third-order valence-electron chi connectivity index (χ3n) is 2.66. The van der Waals surface area contributed by atoms with Crippen molar-refractivity contribution in [3.8, 4) is 5.75 Å². The fourth-order valence-electron chi connectivity index (χ4n) is 1.87. The Balaban J connectivity index is 2.47. The molecular formula is C13H9BrOS. The van der Waals surface area contributed by atoms with Gasteiger partial charge in [0.1, 0.15) is 5.75 Å². The van der Waals surface area contributed by atoms with Crippen LogP contribution in [0.3, 0.4) is 0 Å². The molecule has 0 atom stereocenters.